The second-order valence-corrected chi connectivity index (χ2v) is 7.41. The van der Waals surface area contributed by atoms with E-state index >= 15 is 0 Å². The lowest BCUT2D eigenvalue weighted by atomic mass is 10.1. The van der Waals surface area contributed by atoms with E-state index in [-0.39, 0.29) is 21.9 Å². The maximum absolute atomic E-state index is 12.5. The highest BCUT2D eigenvalue weighted by atomic mass is 35.5. The van der Waals surface area contributed by atoms with Crippen molar-refractivity contribution in [1.29, 1.82) is 0 Å². The number of carbonyl (C=O) groups excluding carboxylic acids is 1. The lowest BCUT2D eigenvalue weighted by molar-refractivity contribution is 0.0735. The van der Waals surface area contributed by atoms with E-state index in [0.29, 0.717) is 11.1 Å². The van der Waals surface area contributed by atoms with Crippen LogP contribution in [0.4, 0.5) is 0 Å². The summed E-state index contributed by atoms with van der Waals surface area (Å²) in [5.41, 5.74) is 0.821. The standard InChI is InChI=1S/C14H19ClN2O3S/c1-9-7-10(8-12(13(9)15)21(16,19)20)14(18)17(2)11-5-3-4-6-11/h7-8,11H,3-6H2,1-2H3,(H2,16,19,20). The normalized spacial score (nSPS) is 16.2. The van der Waals surface area contributed by atoms with Crippen molar-refractivity contribution in [2.75, 3.05) is 7.05 Å². The molecular formula is C14H19ClN2O3S. The molecule has 1 aromatic rings. The zero-order valence-corrected chi connectivity index (χ0v) is 13.7. The summed E-state index contributed by atoms with van der Waals surface area (Å²) < 4.78 is 23.2. The first-order chi connectivity index (χ1) is 9.71. The molecule has 0 heterocycles. The number of hydrogen-bond donors (Lipinski definition) is 1. The minimum Gasteiger partial charge on any atom is -0.339 e. The lowest BCUT2D eigenvalue weighted by Gasteiger charge is -2.24. The molecule has 7 heteroatoms. The van der Waals surface area contributed by atoms with Crippen LogP contribution in [0.15, 0.2) is 17.0 Å². The monoisotopic (exact) mass is 330 g/mol. The number of sulfonamides is 1. The summed E-state index contributed by atoms with van der Waals surface area (Å²) in [6, 6.07) is 3.08. The SMILES string of the molecule is Cc1cc(C(=O)N(C)C2CCCC2)cc(S(N)(=O)=O)c1Cl. The third kappa shape index (κ3) is 3.39. The zero-order chi connectivity index (χ0) is 15.8. The van der Waals surface area contributed by atoms with Crippen LogP contribution in [0, 0.1) is 6.92 Å². The molecule has 1 amide bonds. The van der Waals surface area contributed by atoms with Crippen LogP contribution >= 0.6 is 11.6 Å². The number of hydrogen-bond acceptors (Lipinski definition) is 3. The van der Waals surface area contributed by atoms with Crippen molar-refractivity contribution in [2.24, 2.45) is 5.14 Å². The van der Waals surface area contributed by atoms with Gasteiger partial charge < -0.3 is 4.90 Å². The summed E-state index contributed by atoms with van der Waals surface area (Å²) in [4.78, 5) is 14.0. The number of nitrogens with two attached hydrogens (primary N) is 1. The van der Waals surface area contributed by atoms with Gasteiger partial charge in [-0.05, 0) is 37.5 Å². The molecule has 1 saturated carbocycles. The smallest absolute Gasteiger partial charge is 0.253 e. The molecule has 0 spiro atoms. The van der Waals surface area contributed by atoms with Gasteiger partial charge in [-0.25, -0.2) is 13.6 Å². The van der Waals surface area contributed by atoms with Crippen LogP contribution in [0.25, 0.3) is 0 Å². The van der Waals surface area contributed by atoms with Crippen molar-refractivity contribution in [3.63, 3.8) is 0 Å². The number of amides is 1. The molecule has 1 aromatic carbocycles. The Morgan fingerprint density at radius 3 is 2.43 bits per heavy atom. The number of benzene rings is 1. The van der Waals surface area contributed by atoms with Gasteiger partial charge in [-0.3, -0.25) is 4.79 Å². The van der Waals surface area contributed by atoms with Crippen LogP contribution < -0.4 is 5.14 Å². The third-order valence-electron chi connectivity index (χ3n) is 3.97. The molecule has 1 aliphatic carbocycles. The van der Waals surface area contributed by atoms with Crippen molar-refractivity contribution in [3.8, 4) is 0 Å². The van der Waals surface area contributed by atoms with E-state index in [1.54, 1.807) is 24.9 Å². The number of aryl methyl sites for hydroxylation is 1. The number of halogens is 1. The maximum atomic E-state index is 12.5. The van der Waals surface area contributed by atoms with Gasteiger partial charge in [-0.15, -0.1) is 0 Å². The highest BCUT2D eigenvalue weighted by Gasteiger charge is 2.26. The van der Waals surface area contributed by atoms with E-state index in [1.807, 2.05) is 0 Å². The molecule has 5 nitrogen and oxygen atoms in total. The van der Waals surface area contributed by atoms with Gasteiger partial charge in [-0.1, -0.05) is 24.4 Å². The van der Waals surface area contributed by atoms with E-state index in [0.717, 1.165) is 25.7 Å². The molecule has 0 radical (unpaired) electrons. The zero-order valence-electron chi connectivity index (χ0n) is 12.1. The van der Waals surface area contributed by atoms with Gasteiger partial charge in [-0.2, -0.15) is 0 Å². The second kappa shape index (κ2) is 5.94. The predicted octanol–water partition coefficient (Wildman–Crippen LogP) is 2.31. The highest BCUT2D eigenvalue weighted by Crippen LogP contribution is 2.28. The second-order valence-electron chi connectivity index (χ2n) is 5.50. The maximum Gasteiger partial charge on any atom is 0.253 e. The molecule has 1 fully saturated rings. The summed E-state index contributed by atoms with van der Waals surface area (Å²) in [6.07, 6.45) is 4.20. The minimum atomic E-state index is -3.96. The summed E-state index contributed by atoms with van der Waals surface area (Å²) >= 11 is 5.98. The number of primary sulfonamides is 1. The molecular weight excluding hydrogens is 312 g/mol. The number of rotatable bonds is 3. The molecule has 0 atom stereocenters. The molecule has 0 aliphatic heterocycles. The molecule has 2 rings (SSSR count). The molecule has 0 aromatic heterocycles. The topological polar surface area (TPSA) is 80.5 Å². The van der Waals surface area contributed by atoms with E-state index < -0.39 is 10.0 Å². The Labute approximate surface area is 130 Å². The van der Waals surface area contributed by atoms with Crippen LogP contribution in [0.5, 0.6) is 0 Å². The molecule has 0 bridgehead atoms. The van der Waals surface area contributed by atoms with Gasteiger partial charge in [0.05, 0.1) is 5.02 Å². The van der Waals surface area contributed by atoms with Gasteiger partial charge in [0.15, 0.2) is 0 Å². The lowest BCUT2D eigenvalue weighted by Crippen LogP contribution is -2.35. The van der Waals surface area contributed by atoms with E-state index in [9.17, 15) is 13.2 Å². The fourth-order valence-electron chi connectivity index (χ4n) is 2.73. The molecule has 1 aliphatic rings. The third-order valence-corrected chi connectivity index (χ3v) is 5.52. The van der Waals surface area contributed by atoms with Crippen molar-refractivity contribution in [1.82, 2.24) is 4.90 Å². The Bertz CT molecular complexity index is 667. The van der Waals surface area contributed by atoms with Crippen molar-refractivity contribution < 1.29 is 13.2 Å². The van der Waals surface area contributed by atoms with Crippen molar-refractivity contribution >= 4 is 27.5 Å². The number of carbonyl (C=O) groups is 1. The Hall–Kier alpha value is -1.11. The van der Waals surface area contributed by atoms with Crippen LogP contribution in [-0.2, 0) is 10.0 Å². The molecule has 21 heavy (non-hydrogen) atoms. The molecule has 0 saturated heterocycles. The van der Waals surface area contributed by atoms with Gasteiger partial charge in [0.25, 0.3) is 5.91 Å². The first-order valence-electron chi connectivity index (χ1n) is 6.82. The molecule has 116 valence electrons. The van der Waals surface area contributed by atoms with Gasteiger partial charge in [0.1, 0.15) is 4.90 Å². The summed E-state index contributed by atoms with van der Waals surface area (Å²) in [7, 11) is -2.21. The number of nitrogens with zero attached hydrogens (tertiary/aromatic N) is 1. The first kappa shape index (κ1) is 16.3. The molecule has 2 N–H and O–H groups in total. The molecule has 0 unspecified atom stereocenters. The Morgan fingerprint density at radius 2 is 1.90 bits per heavy atom. The summed E-state index contributed by atoms with van der Waals surface area (Å²) in [5.74, 6) is -0.202. The van der Waals surface area contributed by atoms with Crippen LogP contribution in [0.2, 0.25) is 5.02 Å². The minimum absolute atomic E-state index is 0.0672. The van der Waals surface area contributed by atoms with Gasteiger partial charge in [0, 0.05) is 18.7 Å². The van der Waals surface area contributed by atoms with Crippen molar-refractivity contribution in [3.05, 3.63) is 28.3 Å². The van der Waals surface area contributed by atoms with E-state index in [1.165, 1.54) is 6.07 Å². The average Bonchev–Trinajstić information content (AvgIpc) is 2.92. The Balaban J connectivity index is 2.40. The first-order valence-corrected chi connectivity index (χ1v) is 8.74. The van der Waals surface area contributed by atoms with Crippen LogP contribution in [0.1, 0.15) is 41.6 Å². The summed E-state index contributed by atoms with van der Waals surface area (Å²) in [5, 5.41) is 5.22. The fraction of sp³-hybridized carbons (Fsp3) is 0.500. The van der Waals surface area contributed by atoms with Crippen LogP contribution in [-0.4, -0.2) is 32.3 Å². The van der Waals surface area contributed by atoms with Crippen LogP contribution in [0.3, 0.4) is 0 Å². The Kier molecular flexibility index (Phi) is 4.60. The quantitative estimate of drug-likeness (QED) is 0.923. The Morgan fingerprint density at radius 1 is 1.33 bits per heavy atom. The summed E-state index contributed by atoms with van der Waals surface area (Å²) in [6.45, 7) is 1.66. The largest absolute Gasteiger partial charge is 0.339 e. The predicted molar refractivity (Wildman–Crippen MR) is 81.9 cm³/mol. The highest BCUT2D eigenvalue weighted by molar-refractivity contribution is 7.89. The fourth-order valence-corrected chi connectivity index (χ4v) is 3.86. The van der Waals surface area contributed by atoms with E-state index in [4.69, 9.17) is 16.7 Å². The van der Waals surface area contributed by atoms with Gasteiger partial charge in [0.2, 0.25) is 10.0 Å². The van der Waals surface area contributed by atoms with E-state index in [2.05, 4.69) is 0 Å². The van der Waals surface area contributed by atoms with Crippen molar-refractivity contribution in [2.45, 2.75) is 43.5 Å². The van der Waals surface area contributed by atoms with Gasteiger partial charge >= 0.3 is 0 Å². The average molecular weight is 331 g/mol.